The van der Waals surface area contributed by atoms with Crippen molar-refractivity contribution in [3.05, 3.63) is 52.5 Å². The van der Waals surface area contributed by atoms with Gasteiger partial charge in [0.15, 0.2) is 6.04 Å². The Hall–Kier alpha value is -1.95. The van der Waals surface area contributed by atoms with Crippen LogP contribution in [-0.4, -0.2) is 45.2 Å². The minimum absolute atomic E-state index is 0.0116. The number of nitrogens with zero attached hydrogens (tertiary/aromatic N) is 1. The highest BCUT2D eigenvalue weighted by atomic mass is 35.5. The monoisotopic (exact) mass is 408 g/mol. The molecule has 0 radical (unpaired) electrons. The van der Waals surface area contributed by atoms with E-state index in [-0.39, 0.29) is 11.9 Å². The fraction of sp³-hybridized carbons (Fsp3) is 0.350. The molecule has 0 aliphatic carbocycles. The largest absolute Gasteiger partial charge is 0.495 e. The molecule has 2 N–H and O–H groups in total. The predicted octanol–water partition coefficient (Wildman–Crippen LogP) is 2.73. The highest BCUT2D eigenvalue weighted by molar-refractivity contribution is 6.32. The van der Waals surface area contributed by atoms with E-state index < -0.39 is 0 Å². The number of carbonyl (C=O) groups is 1. The summed E-state index contributed by atoms with van der Waals surface area (Å²) in [5, 5.41) is 4.17. The van der Waals surface area contributed by atoms with E-state index in [2.05, 4.69) is 16.3 Å². The summed E-state index contributed by atoms with van der Waals surface area (Å²) < 4.78 is 5.14. The van der Waals surface area contributed by atoms with Gasteiger partial charge in [0.05, 0.1) is 38.3 Å². The van der Waals surface area contributed by atoms with E-state index in [9.17, 15) is 4.79 Å². The van der Waals surface area contributed by atoms with Gasteiger partial charge in [0.25, 0.3) is 5.91 Å². The molecule has 1 aliphatic heterocycles. The number of benzene rings is 2. The molecule has 27 heavy (non-hydrogen) atoms. The second kappa shape index (κ2) is 8.83. The van der Waals surface area contributed by atoms with E-state index in [0.29, 0.717) is 16.5 Å². The van der Waals surface area contributed by atoms with Crippen molar-refractivity contribution in [2.75, 3.05) is 43.5 Å². The lowest BCUT2D eigenvalue weighted by Crippen LogP contribution is -3.19. The summed E-state index contributed by atoms with van der Waals surface area (Å²) in [5.74, 6) is 0.577. The standard InChI is InChI=1S/C20H23Cl2N3O2/c1-14(20(26)23-16-6-7-19(27-2)18(22)13-16)24-8-10-25(11-9-24)17-5-3-4-15(21)12-17/h3-7,12-14H,8-11H2,1-2H3,(H,23,26)/p+1/t14-/m0/s1. The Morgan fingerprint density at radius 3 is 2.56 bits per heavy atom. The summed E-state index contributed by atoms with van der Waals surface area (Å²) >= 11 is 12.2. The number of anilines is 2. The second-order valence-electron chi connectivity index (χ2n) is 6.69. The van der Waals surface area contributed by atoms with Crippen molar-refractivity contribution >= 4 is 40.5 Å². The Balaban J connectivity index is 1.56. The van der Waals surface area contributed by atoms with Crippen LogP contribution in [0.15, 0.2) is 42.5 Å². The van der Waals surface area contributed by atoms with Crippen LogP contribution in [0.4, 0.5) is 11.4 Å². The molecule has 3 rings (SSSR count). The molecule has 7 heteroatoms. The summed E-state index contributed by atoms with van der Waals surface area (Å²) in [4.78, 5) is 16.2. The van der Waals surface area contributed by atoms with E-state index in [0.717, 1.165) is 36.9 Å². The van der Waals surface area contributed by atoms with Gasteiger partial charge in [0.1, 0.15) is 5.75 Å². The number of amides is 1. The third-order valence-corrected chi connectivity index (χ3v) is 5.53. The van der Waals surface area contributed by atoms with Gasteiger partial charge in [0, 0.05) is 16.4 Å². The molecule has 2 aromatic rings. The maximum atomic E-state index is 12.6. The zero-order chi connectivity index (χ0) is 19.4. The quantitative estimate of drug-likeness (QED) is 0.799. The summed E-state index contributed by atoms with van der Waals surface area (Å²) in [6.07, 6.45) is 0. The zero-order valence-corrected chi connectivity index (χ0v) is 17.0. The highest BCUT2D eigenvalue weighted by Crippen LogP contribution is 2.27. The fourth-order valence-corrected chi connectivity index (χ4v) is 3.78. The van der Waals surface area contributed by atoms with Gasteiger partial charge in [0.2, 0.25) is 0 Å². The summed E-state index contributed by atoms with van der Waals surface area (Å²) in [5.41, 5.74) is 1.81. The number of halogens is 2. The average Bonchev–Trinajstić information content (AvgIpc) is 2.67. The van der Waals surface area contributed by atoms with Gasteiger partial charge in [-0.3, -0.25) is 4.79 Å². The van der Waals surface area contributed by atoms with Gasteiger partial charge in [-0.15, -0.1) is 0 Å². The first-order chi connectivity index (χ1) is 13.0. The van der Waals surface area contributed by atoms with E-state index in [1.54, 1.807) is 25.3 Å². The molecular formula is C20H24Cl2N3O2+. The summed E-state index contributed by atoms with van der Waals surface area (Å²) in [7, 11) is 1.56. The van der Waals surface area contributed by atoms with Crippen LogP contribution in [0.2, 0.25) is 10.0 Å². The minimum atomic E-state index is -0.146. The molecule has 2 aromatic carbocycles. The van der Waals surface area contributed by atoms with Crippen LogP contribution in [0.3, 0.4) is 0 Å². The lowest BCUT2D eigenvalue weighted by Gasteiger charge is -2.36. The van der Waals surface area contributed by atoms with E-state index >= 15 is 0 Å². The molecule has 0 saturated carbocycles. The molecule has 144 valence electrons. The SMILES string of the molecule is COc1ccc(NC(=O)[C@H](C)[NH+]2CCN(c3cccc(Cl)c3)CC2)cc1Cl. The highest BCUT2D eigenvalue weighted by Gasteiger charge is 2.29. The number of nitrogens with one attached hydrogen (secondary N) is 2. The van der Waals surface area contributed by atoms with Crippen molar-refractivity contribution in [3.63, 3.8) is 0 Å². The molecule has 1 saturated heterocycles. The number of ether oxygens (including phenoxy) is 1. The van der Waals surface area contributed by atoms with Crippen molar-refractivity contribution in [1.82, 2.24) is 0 Å². The van der Waals surface area contributed by atoms with Crippen molar-refractivity contribution < 1.29 is 14.4 Å². The lowest BCUT2D eigenvalue weighted by molar-refractivity contribution is -0.914. The van der Waals surface area contributed by atoms with Crippen LogP contribution < -0.4 is 19.9 Å². The number of methoxy groups -OCH3 is 1. The molecule has 1 heterocycles. The van der Waals surface area contributed by atoms with Crippen molar-refractivity contribution in [2.24, 2.45) is 0 Å². The number of quaternary nitrogens is 1. The second-order valence-corrected chi connectivity index (χ2v) is 7.53. The normalized spacial score (nSPS) is 16.1. The molecule has 0 bridgehead atoms. The van der Waals surface area contributed by atoms with E-state index in [1.807, 2.05) is 25.1 Å². The van der Waals surface area contributed by atoms with Crippen molar-refractivity contribution in [3.8, 4) is 5.75 Å². The Morgan fingerprint density at radius 2 is 1.93 bits per heavy atom. The molecular weight excluding hydrogens is 385 g/mol. The molecule has 1 amide bonds. The maximum Gasteiger partial charge on any atom is 0.282 e. The first kappa shape index (κ1) is 19.8. The Labute approximate surface area is 169 Å². The topological polar surface area (TPSA) is 46.0 Å². The van der Waals surface area contributed by atoms with Gasteiger partial charge < -0.3 is 19.9 Å². The Kier molecular flexibility index (Phi) is 6.47. The minimum Gasteiger partial charge on any atom is -0.495 e. The van der Waals surface area contributed by atoms with Crippen LogP contribution in [0, 0.1) is 0 Å². The average molecular weight is 409 g/mol. The summed E-state index contributed by atoms with van der Waals surface area (Å²) in [6.45, 7) is 5.53. The van der Waals surface area contributed by atoms with Gasteiger partial charge >= 0.3 is 0 Å². The lowest BCUT2D eigenvalue weighted by atomic mass is 10.2. The first-order valence-corrected chi connectivity index (χ1v) is 9.73. The third-order valence-electron chi connectivity index (χ3n) is 5.00. The number of hydrogen-bond donors (Lipinski definition) is 2. The van der Waals surface area contributed by atoms with Crippen molar-refractivity contribution in [1.29, 1.82) is 0 Å². The van der Waals surface area contributed by atoms with E-state index in [1.165, 1.54) is 4.90 Å². The van der Waals surface area contributed by atoms with Crippen LogP contribution in [0.5, 0.6) is 5.75 Å². The maximum absolute atomic E-state index is 12.6. The number of carbonyl (C=O) groups excluding carboxylic acids is 1. The number of rotatable bonds is 5. The fourth-order valence-electron chi connectivity index (χ4n) is 3.34. The molecule has 1 fully saturated rings. The van der Waals surface area contributed by atoms with Gasteiger partial charge in [-0.2, -0.15) is 0 Å². The van der Waals surface area contributed by atoms with Gasteiger partial charge in [-0.25, -0.2) is 0 Å². The molecule has 1 atom stereocenters. The molecule has 5 nitrogen and oxygen atoms in total. The van der Waals surface area contributed by atoms with Crippen LogP contribution in [-0.2, 0) is 4.79 Å². The van der Waals surface area contributed by atoms with Crippen LogP contribution in [0.1, 0.15) is 6.92 Å². The van der Waals surface area contributed by atoms with Crippen molar-refractivity contribution in [2.45, 2.75) is 13.0 Å². The molecule has 0 spiro atoms. The summed E-state index contributed by atoms with van der Waals surface area (Å²) in [6, 6.07) is 13.0. The molecule has 0 unspecified atom stereocenters. The first-order valence-electron chi connectivity index (χ1n) is 8.97. The number of hydrogen-bond acceptors (Lipinski definition) is 3. The van der Waals surface area contributed by atoms with Crippen LogP contribution in [0.25, 0.3) is 0 Å². The smallest absolute Gasteiger partial charge is 0.282 e. The van der Waals surface area contributed by atoms with Gasteiger partial charge in [-0.1, -0.05) is 29.3 Å². The Morgan fingerprint density at radius 1 is 1.19 bits per heavy atom. The zero-order valence-electron chi connectivity index (χ0n) is 15.5. The predicted molar refractivity (Wildman–Crippen MR) is 110 cm³/mol. The van der Waals surface area contributed by atoms with E-state index in [4.69, 9.17) is 27.9 Å². The number of piperazine rings is 1. The molecule has 1 aliphatic rings. The third kappa shape index (κ3) is 4.86. The van der Waals surface area contributed by atoms with Crippen LogP contribution >= 0.6 is 23.2 Å². The molecule has 0 aromatic heterocycles. The van der Waals surface area contributed by atoms with Gasteiger partial charge in [-0.05, 0) is 43.3 Å². The Bertz CT molecular complexity index is 808.